The lowest BCUT2D eigenvalue weighted by atomic mass is 9.69. The number of nitrogens with one attached hydrogen (secondary N) is 1. The molecule has 0 aromatic heterocycles. The van der Waals surface area contributed by atoms with Crippen molar-refractivity contribution in [2.75, 3.05) is 13.1 Å². The second-order valence-corrected chi connectivity index (χ2v) is 8.54. The van der Waals surface area contributed by atoms with Crippen LogP contribution >= 0.6 is 0 Å². The van der Waals surface area contributed by atoms with E-state index in [0.29, 0.717) is 6.04 Å². The van der Waals surface area contributed by atoms with Gasteiger partial charge in [-0.1, -0.05) is 13.8 Å². The summed E-state index contributed by atoms with van der Waals surface area (Å²) in [7, 11) is 0. The van der Waals surface area contributed by atoms with Crippen molar-refractivity contribution in [3.63, 3.8) is 0 Å². The van der Waals surface area contributed by atoms with Gasteiger partial charge in [-0.3, -0.25) is 0 Å². The van der Waals surface area contributed by atoms with Gasteiger partial charge in [0.15, 0.2) is 0 Å². The first-order chi connectivity index (χ1) is 10.2. The molecule has 1 atom stereocenters. The molecule has 22 heavy (non-hydrogen) atoms. The van der Waals surface area contributed by atoms with Crippen LogP contribution in [0.3, 0.4) is 0 Å². The van der Waals surface area contributed by atoms with Gasteiger partial charge in [-0.05, 0) is 71.8 Å². The molecule has 0 bridgehead atoms. The Hall–Kier alpha value is -0.770. The molecule has 1 aliphatic carbocycles. The first-order valence-electron chi connectivity index (χ1n) is 8.96. The van der Waals surface area contributed by atoms with Crippen molar-refractivity contribution in [2.24, 2.45) is 5.92 Å². The number of piperidine rings is 1. The Bertz CT molecular complexity index is 383. The Labute approximate surface area is 136 Å². The van der Waals surface area contributed by atoms with Crippen molar-refractivity contribution in [1.29, 1.82) is 0 Å². The summed E-state index contributed by atoms with van der Waals surface area (Å²) in [6, 6.07) is 0.553. The second kappa shape index (κ2) is 6.77. The monoisotopic (exact) mass is 310 g/mol. The molecule has 0 aromatic rings. The molecule has 2 aliphatic rings. The number of amides is 1. The topological polar surface area (TPSA) is 41.6 Å². The smallest absolute Gasteiger partial charge is 0.410 e. The highest BCUT2D eigenvalue weighted by molar-refractivity contribution is 5.69. The van der Waals surface area contributed by atoms with Crippen LogP contribution in [0.5, 0.6) is 0 Å². The quantitative estimate of drug-likeness (QED) is 0.855. The van der Waals surface area contributed by atoms with Crippen LogP contribution in [0.25, 0.3) is 0 Å². The largest absolute Gasteiger partial charge is 0.444 e. The third-order valence-electron chi connectivity index (χ3n) is 4.95. The molecule has 1 unspecified atom stereocenters. The summed E-state index contributed by atoms with van der Waals surface area (Å²) < 4.78 is 5.62. The minimum absolute atomic E-state index is 0.0656. The van der Waals surface area contributed by atoms with E-state index in [1.807, 2.05) is 25.7 Å². The molecule has 1 N–H and O–H groups in total. The first-order valence-corrected chi connectivity index (χ1v) is 8.96. The zero-order valence-corrected chi connectivity index (χ0v) is 15.1. The van der Waals surface area contributed by atoms with Gasteiger partial charge in [0.1, 0.15) is 5.60 Å². The number of rotatable bonds is 4. The van der Waals surface area contributed by atoms with Gasteiger partial charge in [-0.25, -0.2) is 4.79 Å². The summed E-state index contributed by atoms with van der Waals surface area (Å²) in [5.74, 6) is 0.743. The van der Waals surface area contributed by atoms with Crippen LogP contribution in [0, 0.1) is 5.92 Å². The van der Waals surface area contributed by atoms with Gasteiger partial charge in [0, 0.05) is 18.1 Å². The van der Waals surface area contributed by atoms with Gasteiger partial charge in [-0.15, -0.1) is 0 Å². The van der Waals surface area contributed by atoms with Gasteiger partial charge >= 0.3 is 6.09 Å². The van der Waals surface area contributed by atoms with Crippen LogP contribution < -0.4 is 5.32 Å². The van der Waals surface area contributed by atoms with Crippen LogP contribution in [0.1, 0.15) is 73.1 Å². The molecule has 2 fully saturated rings. The summed E-state index contributed by atoms with van der Waals surface area (Å²) in [5, 5.41) is 3.71. The molecule has 1 saturated carbocycles. The van der Waals surface area contributed by atoms with Gasteiger partial charge in [0.2, 0.25) is 0 Å². The Balaban J connectivity index is 1.91. The SMILES string of the molecule is CC(C)CCNC1CCN(C(=O)OC(C)(C)C)C2(CCC2)C1. The number of likely N-dealkylation sites (tertiary alicyclic amines) is 1. The van der Waals surface area contributed by atoms with Crippen LogP contribution in [-0.2, 0) is 4.74 Å². The molecule has 1 saturated heterocycles. The van der Waals surface area contributed by atoms with E-state index in [-0.39, 0.29) is 11.6 Å². The fourth-order valence-corrected chi connectivity index (χ4v) is 3.60. The standard InChI is InChI=1S/C18H34N2O2/c1-14(2)7-11-19-15-8-12-20(16(21)22-17(3,4)5)18(13-15)9-6-10-18/h14-15,19H,6-13H2,1-5H3. The molecule has 1 amide bonds. The van der Waals surface area contributed by atoms with Crippen molar-refractivity contribution in [2.45, 2.75) is 90.3 Å². The minimum atomic E-state index is -0.408. The van der Waals surface area contributed by atoms with Gasteiger partial charge < -0.3 is 15.0 Å². The van der Waals surface area contributed by atoms with Crippen molar-refractivity contribution < 1.29 is 9.53 Å². The maximum Gasteiger partial charge on any atom is 0.410 e. The zero-order chi connectivity index (χ0) is 16.4. The predicted octanol–water partition coefficient (Wildman–Crippen LogP) is 3.94. The molecular weight excluding hydrogens is 276 g/mol. The van der Waals surface area contributed by atoms with Crippen LogP contribution in [0.2, 0.25) is 0 Å². The van der Waals surface area contributed by atoms with Crippen molar-refractivity contribution in [3.8, 4) is 0 Å². The molecule has 128 valence electrons. The molecule has 1 heterocycles. The van der Waals surface area contributed by atoms with Crippen molar-refractivity contribution in [3.05, 3.63) is 0 Å². The summed E-state index contributed by atoms with van der Waals surface area (Å²) in [4.78, 5) is 14.5. The molecule has 4 nitrogen and oxygen atoms in total. The van der Waals surface area contributed by atoms with Crippen LogP contribution in [0.4, 0.5) is 4.79 Å². The molecular formula is C18H34N2O2. The average molecular weight is 310 g/mol. The summed E-state index contributed by atoms with van der Waals surface area (Å²) in [6.07, 6.45) is 6.73. The van der Waals surface area contributed by atoms with Crippen LogP contribution in [0.15, 0.2) is 0 Å². The number of ether oxygens (including phenoxy) is 1. The Morgan fingerprint density at radius 2 is 2.05 bits per heavy atom. The van der Waals surface area contributed by atoms with E-state index < -0.39 is 5.60 Å². The lowest BCUT2D eigenvalue weighted by molar-refractivity contribution is -0.0493. The summed E-state index contributed by atoms with van der Waals surface area (Å²) in [5.41, 5.74) is -0.343. The van der Waals surface area contributed by atoms with E-state index in [2.05, 4.69) is 19.2 Å². The van der Waals surface area contributed by atoms with E-state index in [1.54, 1.807) is 0 Å². The zero-order valence-electron chi connectivity index (χ0n) is 15.1. The van der Waals surface area contributed by atoms with Gasteiger partial charge in [0.05, 0.1) is 0 Å². The highest BCUT2D eigenvalue weighted by atomic mass is 16.6. The molecule has 4 heteroatoms. The molecule has 0 radical (unpaired) electrons. The van der Waals surface area contributed by atoms with Crippen LogP contribution in [-0.4, -0.2) is 41.3 Å². The van der Waals surface area contributed by atoms with E-state index in [0.717, 1.165) is 44.7 Å². The molecule has 2 rings (SSSR count). The van der Waals surface area contributed by atoms with E-state index in [1.165, 1.54) is 12.8 Å². The third kappa shape index (κ3) is 4.37. The molecule has 1 aliphatic heterocycles. The fourth-order valence-electron chi connectivity index (χ4n) is 3.60. The highest BCUT2D eigenvalue weighted by Crippen LogP contribution is 2.45. The number of nitrogens with zero attached hydrogens (tertiary/aromatic N) is 1. The lowest BCUT2D eigenvalue weighted by Gasteiger charge is -2.55. The third-order valence-corrected chi connectivity index (χ3v) is 4.95. The summed E-state index contributed by atoms with van der Waals surface area (Å²) in [6.45, 7) is 12.3. The number of hydrogen-bond acceptors (Lipinski definition) is 3. The Morgan fingerprint density at radius 1 is 1.36 bits per heavy atom. The van der Waals surface area contributed by atoms with Crippen molar-refractivity contribution in [1.82, 2.24) is 10.2 Å². The van der Waals surface area contributed by atoms with E-state index in [9.17, 15) is 4.79 Å². The normalized spacial score (nSPS) is 24.5. The van der Waals surface area contributed by atoms with Gasteiger partial charge in [-0.2, -0.15) is 0 Å². The number of carbonyl (C=O) groups excluding carboxylic acids is 1. The Morgan fingerprint density at radius 3 is 2.55 bits per heavy atom. The molecule has 0 aromatic carbocycles. The first kappa shape index (κ1) is 17.6. The van der Waals surface area contributed by atoms with Gasteiger partial charge in [0.25, 0.3) is 0 Å². The second-order valence-electron chi connectivity index (χ2n) is 8.54. The minimum Gasteiger partial charge on any atom is -0.444 e. The Kier molecular flexibility index (Phi) is 5.41. The highest BCUT2D eigenvalue weighted by Gasteiger charge is 2.49. The average Bonchev–Trinajstić information content (AvgIpc) is 2.34. The molecule has 1 spiro atoms. The van der Waals surface area contributed by atoms with E-state index >= 15 is 0 Å². The maximum absolute atomic E-state index is 12.5. The summed E-state index contributed by atoms with van der Waals surface area (Å²) >= 11 is 0. The van der Waals surface area contributed by atoms with E-state index in [4.69, 9.17) is 4.74 Å². The van der Waals surface area contributed by atoms with Crippen molar-refractivity contribution >= 4 is 6.09 Å². The maximum atomic E-state index is 12.5. The lowest BCUT2D eigenvalue weighted by Crippen LogP contribution is -2.63. The number of carbonyl (C=O) groups is 1. The predicted molar refractivity (Wildman–Crippen MR) is 90.0 cm³/mol. The fraction of sp³-hybridized carbons (Fsp3) is 0.944. The number of hydrogen-bond donors (Lipinski definition) is 1.